The zero-order chi connectivity index (χ0) is 11.4. The van der Waals surface area contributed by atoms with Crippen LogP contribution in [0.1, 0.15) is 36.8 Å². The summed E-state index contributed by atoms with van der Waals surface area (Å²) in [6.07, 6.45) is 4.84. The molecule has 0 spiro atoms. The molecule has 0 amide bonds. The number of rotatable bonds is 6. The van der Waals surface area contributed by atoms with Gasteiger partial charge in [-0.1, -0.05) is 37.1 Å². The maximum Gasteiger partial charge on any atom is 0.137 e. The Morgan fingerprint density at radius 3 is 2.56 bits per heavy atom. The summed E-state index contributed by atoms with van der Waals surface area (Å²) in [4.78, 5) is 11.7. The number of hydrogen-bond donors (Lipinski definition) is 1. The molecule has 0 aliphatic heterocycles. The molecule has 0 atom stereocenters. The largest absolute Gasteiger partial charge is 0.392 e. The molecule has 1 fully saturated rings. The van der Waals surface area contributed by atoms with Crippen LogP contribution < -0.4 is 0 Å². The van der Waals surface area contributed by atoms with Gasteiger partial charge in [0.15, 0.2) is 0 Å². The van der Waals surface area contributed by atoms with Crippen molar-refractivity contribution in [3.8, 4) is 0 Å². The van der Waals surface area contributed by atoms with Gasteiger partial charge >= 0.3 is 0 Å². The Labute approximate surface area is 96.3 Å². The van der Waals surface area contributed by atoms with Gasteiger partial charge in [-0.15, -0.1) is 0 Å². The Morgan fingerprint density at radius 1 is 1.25 bits per heavy atom. The minimum atomic E-state index is 0.0199. The molecule has 1 aliphatic rings. The van der Waals surface area contributed by atoms with Crippen LogP contribution in [0.4, 0.5) is 0 Å². The third kappa shape index (κ3) is 3.17. The lowest BCUT2D eigenvalue weighted by molar-refractivity contribution is -0.118. The fraction of sp³-hybridized carbons (Fsp3) is 0.500. The van der Waals surface area contributed by atoms with Crippen LogP contribution in [0.2, 0.25) is 0 Å². The van der Waals surface area contributed by atoms with E-state index >= 15 is 0 Å². The van der Waals surface area contributed by atoms with E-state index < -0.39 is 0 Å². The van der Waals surface area contributed by atoms with Gasteiger partial charge in [-0.05, 0) is 23.5 Å². The van der Waals surface area contributed by atoms with Gasteiger partial charge in [0.05, 0.1) is 6.61 Å². The third-order valence-corrected chi connectivity index (χ3v) is 3.20. The number of Topliss-reactive ketones (excluding diaryl/α,β-unsaturated/α-hetero) is 1. The summed E-state index contributed by atoms with van der Waals surface area (Å²) in [6.45, 7) is 0.0199. The summed E-state index contributed by atoms with van der Waals surface area (Å²) in [5, 5.41) is 9.15. The monoisotopic (exact) mass is 218 g/mol. The van der Waals surface area contributed by atoms with Gasteiger partial charge in [-0.25, -0.2) is 0 Å². The standard InChI is InChI=1S/C14H18O2/c15-10-13-4-2-1-3-12(13)9-14(16)8-7-11-5-6-11/h1-4,11,15H,5-10H2. The van der Waals surface area contributed by atoms with Crippen molar-refractivity contribution in [2.24, 2.45) is 5.92 Å². The van der Waals surface area contributed by atoms with E-state index in [4.69, 9.17) is 5.11 Å². The van der Waals surface area contributed by atoms with E-state index in [1.165, 1.54) is 12.8 Å². The first-order valence-corrected chi connectivity index (χ1v) is 5.99. The van der Waals surface area contributed by atoms with Gasteiger partial charge in [0, 0.05) is 12.8 Å². The van der Waals surface area contributed by atoms with Crippen LogP contribution in [0, 0.1) is 5.92 Å². The van der Waals surface area contributed by atoms with Crippen LogP contribution >= 0.6 is 0 Å². The molecule has 2 nitrogen and oxygen atoms in total. The molecular weight excluding hydrogens is 200 g/mol. The first kappa shape index (κ1) is 11.3. The average molecular weight is 218 g/mol. The quantitative estimate of drug-likeness (QED) is 0.796. The predicted octanol–water partition coefficient (Wildman–Crippen LogP) is 2.48. The van der Waals surface area contributed by atoms with Crippen molar-refractivity contribution in [1.82, 2.24) is 0 Å². The minimum absolute atomic E-state index is 0.0199. The van der Waals surface area contributed by atoms with E-state index in [9.17, 15) is 4.79 Å². The van der Waals surface area contributed by atoms with Crippen LogP contribution in [0.3, 0.4) is 0 Å². The number of carbonyl (C=O) groups is 1. The molecule has 0 aromatic heterocycles. The smallest absolute Gasteiger partial charge is 0.137 e. The summed E-state index contributed by atoms with van der Waals surface area (Å²) in [6, 6.07) is 7.62. The summed E-state index contributed by atoms with van der Waals surface area (Å²) >= 11 is 0. The van der Waals surface area contributed by atoms with Crippen molar-refractivity contribution in [1.29, 1.82) is 0 Å². The van der Waals surface area contributed by atoms with Crippen molar-refractivity contribution in [2.45, 2.75) is 38.7 Å². The van der Waals surface area contributed by atoms with E-state index in [2.05, 4.69) is 0 Å². The Hall–Kier alpha value is -1.15. The van der Waals surface area contributed by atoms with Crippen LogP contribution in [-0.2, 0) is 17.8 Å². The van der Waals surface area contributed by atoms with Gasteiger partial charge in [-0.3, -0.25) is 4.79 Å². The highest BCUT2D eigenvalue weighted by molar-refractivity contribution is 5.81. The summed E-state index contributed by atoms with van der Waals surface area (Å²) in [5.41, 5.74) is 1.85. The second-order valence-corrected chi connectivity index (χ2v) is 4.62. The Kier molecular flexibility index (Phi) is 3.73. The average Bonchev–Trinajstić information content (AvgIpc) is 3.11. The molecule has 1 saturated carbocycles. The normalized spacial score (nSPS) is 15.1. The highest BCUT2D eigenvalue weighted by Gasteiger charge is 2.21. The molecule has 1 N–H and O–H groups in total. The molecule has 0 heterocycles. The van der Waals surface area contributed by atoms with Gasteiger partial charge in [0.1, 0.15) is 5.78 Å². The highest BCUT2D eigenvalue weighted by atomic mass is 16.3. The number of ketones is 1. The summed E-state index contributed by atoms with van der Waals surface area (Å²) in [7, 11) is 0. The number of aliphatic hydroxyl groups is 1. The first-order valence-electron chi connectivity index (χ1n) is 5.99. The maximum absolute atomic E-state index is 11.7. The molecule has 1 aromatic rings. The Morgan fingerprint density at radius 2 is 1.94 bits per heavy atom. The van der Waals surface area contributed by atoms with Crippen molar-refractivity contribution in [3.63, 3.8) is 0 Å². The number of hydrogen-bond acceptors (Lipinski definition) is 2. The first-order chi connectivity index (χ1) is 7.79. The number of aliphatic hydroxyl groups excluding tert-OH is 1. The predicted molar refractivity (Wildman–Crippen MR) is 63.0 cm³/mol. The molecule has 86 valence electrons. The van der Waals surface area contributed by atoms with Crippen molar-refractivity contribution < 1.29 is 9.90 Å². The molecular formula is C14H18O2. The Balaban J connectivity index is 1.88. The zero-order valence-corrected chi connectivity index (χ0v) is 9.48. The lowest BCUT2D eigenvalue weighted by Gasteiger charge is -2.06. The van der Waals surface area contributed by atoms with Gasteiger partial charge in [0.2, 0.25) is 0 Å². The lowest BCUT2D eigenvalue weighted by atomic mass is 10.00. The molecule has 0 unspecified atom stereocenters. The maximum atomic E-state index is 11.7. The number of carbonyl (C=O) groups excluding carboxylic acids is 1. The summed E-state index contributed by atoms with van der Waals surface area (Å²) < 4.78 is 0. The van der Waals surface area contributed by atoms with Crippen molar-refractivity contribution >= 4 is 5.78 Å². The van der Waals surface area contributed by atoms with Crippen LogP contribution in [0.5, 0.6) is 0 Å². The fourth-order valence-corrected chi connectivity index (χ4v) is 1.96. The van der Waals surface area contributed by atoms with Gasteiger partial charge in [-0.2, -0.15) is 0 Å². The second kappa shape index (κ2) is 5.26. The van der Waals surface area contributed by atoms with E-state index in [1.807, 2.05) is 24.3 Å². The SMILES string of the molecule is O=C(CCC1CC1)Cc1ccccc1CO. The minimum Gasteiger partial charge on any atom is -0.392 e. The van der Waals surface area contributed by atoms with E-state index in [0.717, 1.165) is 23.5 Å². The molecule has 2 heteroatoms. The Bertz CT molecular complexity index is 367. The molecule has 1 aliphatic carbocycles. The highest BCUT2D eigenvalue weighted by Crippen LogP contribution is 2.33. The summed E-state index contributed by atoms with van der Waals surface area (Å²) in [5.74, 6) is 1.12. The molecule has 0 saturated heterocycles. The zero-order valence-electron chi connectivity index (χ0n) is 9.48. The molecule has 0 radical (unpaired) electrons. The molecule has 0 bridgehead atoms. The van der Waals surface area contributed by atoms with Gasteiger partial charge in [0.25, 0.3) is 0 Å². The van der Waals surface area contributed by atoms with Crippen molar-refractivity contribution in [3.05, 3.63) is 35.4 Å². The van der Waals surface area contributed by atoms with E-state index in [0.29, 0.717) is 18.6 Å². The second-order valence-electron chi connectivity index (χ2n) is 4.62. The fourth-order valence-electron chi connectivity index (χ4n) is 1.96. The lowest BCUT2D eigenvalue weighted by Crippen LogP contribution is -2.05. The molecule has 2 rings (SSSR count). The van der Waals surface area contributed by atoms with Crippen LogP contribution in [0.15, 0.2) is 24.3 Å². The van der Waals surface area contributed by atoms with Crippen LogP contribution in [0.25, 0.3) is 0 Å². The topological polar surface area (TPSA) is 37.3 Å². The van der Waals surface area contributed by atoms with Gasteiger partial charge < -0.3 is 5.11 Å². The van der Waals surface area contributed by atoms with Crippen molar-refractivity contribution in [2.75, 3.05) is 0 Å². The third-order valence-electron chi connectivity index (χ3n) is 3.20. The van der Waals surface area contributed by atoms with Crippen LogP contribution in [-0.4, -0.2) is 10.9 Å². The molecule has 16 heavy (non-hydrogen) atoms. The van der Waals surface area contributed by atoms with E-state index in [1.54, 1.807) is 0 Å². The number of benzene rings is 1. The molecule has 1 aromatic carbocycles. The van der Waals surface area contributed by atoms with E-state index in [-0.39, 0.29) is 6.61 Å².